The van der Waals surface area contributed by atoms with Crippen molar-refractivity contribution in [2.75, 3.05) is 13.6 Å². The monoisotopic (exact) mass is 313 g/mol. The summed E-state index contributed by atoms with van der Waals surface area (Å²) < 4.78 is 5.31. The minimum atomic E-state index is -1.81. The second kappa shape index (κ2) is 6.45. The molecule has 6 heteroatoms. The van der Waals surface area contributed by atoms with Crippen LogP contribution >= 0.6 is 11.6 Å². The predicted molar refractivity (Wildman–Crippen MR) is 80.5 cm³/mol. The Morgan fingerprint density at radius 3 is 2.14 bits per heavy atom. The molecule has 0 spiro atoms. The Kier molecular flexibility index (Phi) is 5.36. The topological polar surface area (TPSA) is 75.6 Å². The molecule has 0 aromatic heterocycles. The highest BCUT2D eigenvalue weighted by atomic mass is 35.5. The van der Waals surface area contributed by atoms with Gasteiger partial charge in [-0.05, 0) is 45.5 Å². The highest BCUT2D eigenvalue weighted by Crippen LogP contribution is 2.29. The number of carboxylic acid groups (broad SMARTS) is 1. The lowest BCUT2D eigenvalue weighted by molar-refractivity contribution is -0.169. The summed E-state index contributed by atoms with van der Waals surface area (Å²) in [6.07, 6.45) is 0. The molecule has 0 unspecified atom stereocenters. The quantitative estimate of drug-likeness (QED) is 0.644. The third kappa shape index (κ3) is 3.95. The zero-order chi connectivity index (χ0) is 16.3. The van der Waals surface area contributed by atoms with Crippen LogP contribution in [0, 0.1) is 0 Å². The lowest BCUT2D eigenvalue weighted by atomic mass is 9.80. The molecule has 0 bridgehead atoms. The van der Waals surface area contributed by atoms with Gasteiger partial charge in [-0.3, -0.25) is 9.59 Å². The van der Waals surface area contributed by atoms with E-state index in [4.69, 9.17) is 16.3 Å². The molecule has 116 valence electrons. The summed E-state index contributed by atoms with van der Waals surface area (Å²) >= 11 is 5.83. The number of carbonyl (C=O) groups excluding carboxylic acids is 1. The molecule has 0 aliphatic carbocycles. The fourth-order valence-corrected chi connectivity index (χ4v) is 2.07. The van der Waals surface area contributed by atoms with Crippen LogP contribution in [0.5, 0.6) is 0 Å². The smallest absolute Gasteiger partial charge is 0.329 e. The first-order valence-corrected chi connectivity index (χ1v) is 6.89. The zero-order valence-corrected chi connectivity index (χ0v) is 13.3. The number of hydrogen-bond donors (Lipinski definition) is 2. The van der Waals surface area contributed by atoms with Crippen molar-refractivity contribution in [2.24, 2.45) is 0 Å². The maximum absolute atomic E-state index is 12.5. The van der Waals surface area contributed by atoms with E-state index in [1.807, 2.05) is 0 Å². The first-order chi connectivity index (χ1) is 9.63. The standard InChI is InChI=1S/C15H20ClNO4/c1-14(2,3)21-13(20)15(9-17-4,12(18)19)10-5-7-11(16)8-6-10/h5-8,17H,9H2,1-4H3,(H,18,19)/t15-/m1/s1. The number of carboxylic acids is 1. The molecule has 1 aromatic rings. The van der Waals surface area contributed by atoms with Gasteiger partial charge in [0.2, 0.25) is 5.41 Å². The van der Waals surface area contributed by atoms with Crippen molar-refractivity contribution in [3.05, 3.63) is 34.9 Å². The van der Waals surface area contributed by atoms with Crippen LogP contribution in [0.25, 0.3) is 0 Å². The van der Waals surface area contributed by atoms with Crippen molar-refractivity contribution in [1.82, 2.24) is 5.32 Å². The molecule has 1 atom stereocenters. The Bertz CT molecular complexity index is 521. The minimum absolute atomic E-state index is 0.0844. The van der Waals surface area contributed by atoms with Gasteiger partial charge in [0.15, 0.2) is 0 Å². The molecule has 1 aromatic carbocycles. The van der Waals surface area contributed by atoms with Crippen LogP contribution in [-0.4, -0.2) is 36.2 Å². The molecule has 2 N–H and O–H groups in total. The number of halogens is 1. The Hall–Kier alpha value is -1.59. The van der Waals surface area contributed by atoms with Gasteiger partial charge in [0.05, 0.1) is 0 Å². The van der Waals surface area contributed by atoms with Gasteiger partial charge in [-0.2, -0.15) is 0 Å². The van der Waals surface area contributed by atoms with Gasteiger partial charge in [0.1, 0.15) is 5.60 Å². The summed E-state index contributed by atoms with van der Waals surface area (Å²) in [5.41, 5.74) is -2.27. The van der Waals surface area contributed by atoms with Crippen molar-refractivity contribution in [1.29, 1.82) is 0 Å². The lowest BCUT2D eigenvalue weighted by Gasteiger charge is -2.31. The number of nitrogens with one attached hydrogen (secondary N) is 1. The second-order valence-electron chi connectivity index (χ2n) is 5.75. The number of aliphatic carboxylic acids is 1. The van der Waals surface area contributed by atoms with Crippen molar-refractivity contribution in [3.8, 4) is 0 Å². The fraction of sp³-hybridized carbons (Fsp3) is 0.467. The van der Waals surface area contributed by atoms with Gasteiger partial charge >= 0.3 is 11.9 Å². The Labute approximate surface area is 129 Å². The van der Waals surface area contributed by atoms with E-state index < -0.39 is 23.0 Å². The molecule has 0 radical (unpaired) electrons. The second-order valence-corrected chi connectivity index (χ2v) is 6.19. The van der Waals surface area contributed by atoms with Gasteiger partial charge in [0, 0.05) is 11.6 Å². The van der Waals surface area contributed by atoms with Crippen molar-refractivity contribution in [2.45, 2.75) is 31.8 Å². The van der Waals surface area contributed by atoms with Gasteiger partial charge in [-0.15, -0.1) is 0 Å². The Morgan fingerprint density at radius 1 is 1.24 bits per heavy atom. The van der Waals surface area contributed by atoms with E-state index in [2.05, 4.69) is 5.32 Å². The summed E-state index contributed by atoms with van der Waals surface area (Å²) in [5.74, 6) is -2.08. The fourth-order valence-electron chi connectivity index (χ4n) is 1.94. The predicted octanol–water partition coefficient (Wildman–Crippen LogP) is 2.22. The van der Waals surface area contributed by atoms with Gasteiger partial charge < -0.3 is 15.2 Å². The van der Waals surface area contributed by atoms with E-state index in [-0.39, 0.29) is 6.54 Å². The number of rotatable bonds is 5. The average molecular weight is 314 g/mol. The first kappa shape index (κ1) is 17.5. The molecule has 0 amide bonds. The van der Waals surface area contributed by atoms with Crippen LogP contribution in [0.15, 0.2) is 24.3 Å². The van der Waals surface area contributed by atoms with Crippen molar-refractivity contribution < 1.29 is 19.4 Å². The first-order valence-electron chi connectivity index (χ1n) is 6.51. The molecular formula is C15H20ClNO4. The van der Waals surface area contributed by atoms with Crippen molar-refractivity contribution in [3.63, 3.8) is 0 Å². The molecule has 0 fully saturated rings. The van der Waals surface area contributed by atoms with E-state index in [1.54, 1.807) is 40.0 Å². The molecule has 0 aliphatic heterocycles. The highest BCUT2D eigenvalue weighted by molar-refractivity contribution is 6.30. The molecule has 0 aliphatic rings. The van der Waals surface area contributed by atoms with Crippen LogP contribution in [-0.2, 0) is 19.7 Å². The Balaban J connectivity index is 3.37. The van der Waals surface area contributed by atoms with Gasteiger partial charge in [-0.1, -0.05) is 23.7 Å². The summed E-state index contributed by atoms with van der Waals surface area (Å²) in [6.45, 7) is 5.00. The average Bonchev–Trinajstić information content (AvgIpc) is 2.34. The third-order valence-corrected chi connectivity index (χ3v) is 3.14. The number of benzene rings is 1. The summed E-state index contributed by atoms with van der Waals surface area (Å²) in [7, 11) is 1.58. The van der Waals surface area contributed by atoms with Gasteiger partial charge in [0.25, 0.3) is 0 Å². The summed E-state index contributed by atoms with van der Waals surface area (Å²) in [5, 5.41) is 12.9. The maximum atomic E-state index is 12.5. The molecule has 5 nitrogen and oxygen atoms in total. The Morgan fingerprint density at radius 2 is 1.76 bits per heavy atom. The lowest BCUT2D eigenvalue weighted by Crippen LogP contribution is -2.53. The molecular weight excluding hydrogens is 294 g/mol. The normalized spacial score (nSPS) is 14.3. The molecule has 1 rings (SSSR count). The van der Waals surface area contributed by atoms with Crippen LogP contribution in [0.1, 0.15) is 26.3 Å². The summed E-state index contributed by atoms with van der Waals surface area (Å²) in [6, 6.07) is 6.15. The van der Waals surface area contributed by atoms with E-state index in [1.165, 1.54) is 12.1 Å². The molecule has 0 saturated carbocycles. The van der Waals surface area contributed by atoms with E-state index in [0.717, 1.165) is 0 Å². The number of likely N-dealkylation sites (N-methyl/N-ethyl adjacent to an activating group) is 1. The van der Waals surface area contributed by atoms with E-state index >= 15 is 0 Å². The van der Waals surface area contributed by atoms with Crippen LogP contribution in [0.2, 0.25) is 5.02 Å². The van der Waals surface area contributed by atoms with Crippen LogP contribution in [0.3, 0.4) is 0 Å². The number of hydrogen-bond acceptors (Lipinski definition) is 4. The number of ether oxygens (including phenoxy) is 1. The van der Waals surface area contributed by atoms with Gasteiger partial charge in [-0.25, -0.2) is 0 Å². The zero-order valence-electron chi connectivity index (χ0n) is 12.6. The number of esters is 1. The SMILES string of the molecule is CNC[C@@](C(=O)O)(C(=O)OC(C)(C)C)c1ccc(Cl)cc1. The van der Waals surface area contributed by atoms with E-state index in [9.17, 15) is 14.7 Å². The summed E-state index contributed by atoms with van der Waals surface area (Å²) in [4.78, 5) is 24.4. The van der Waals surface area contributed by atoms with Crippen LogP contribution < -0.4 is 5.32 Å². The van der Waals surface area contributed by atoms with Crippen LogP contribution in [0.4, 0.5) is 0 Å². The van der Waals surface area contributed by atoms with Crippen molar-refractivity contribution >= 4 is 23.5 Å². The molecule has 0 heterocycles. The largest absolute Gasteiger partial charge is 0.480 e. The maximum Gasteiger partial charge on any atom is 0.329 e. The third-order valence-electron chi connectivity index (χ3n) is 2.89. The molecule has 21 heavy (non-hydrogen) atoms. The number of carbonyl (C=O) groups is 2. The van der Waals surface area contributed by atoms with E-state index in [0.29, 0.717) is 10.6 Å². The highest BCUT2D eigenvalue weighted by Gasteiger charge is 2.50. The minimum Gasteiger partial charge on any atom is -0.480 e. The molecule has 0 saturated heterocycles.